The standard InChI is InChI=1S/C20H38N4O/c1-4-15(5-2)18(24-11-7-8-12-24)14-22-20(21-6-3)23-17-13-16-9-10-19(17)25-16/h15-19H,4-14H2,1-3H3,(H2,21,22,23). The van der Waals surface area contributed by atoms with Crippen LogP contribution in [0.3, 0.4) is 0 Å². The average Bonchev–Trinajstić information content (AvgIpc) is 3.36. The number of rotatable bonds is 8. The first-order valence-corrected chi connectivity index (χ1v) is 10.7. The Morgan fingerprint density at radius 3 is 2.48 bits per heavy atom. The molecule has 0 saturated carbocycles. The minimum absolute atomic E-state index is 0.391. The predicted octanol–water partition coefficient (Wildman–Crippen LogP) is 2.76. The van der Waals surface area contributed by atoms with Crippen molar-refractivity contribution in [3.8, 4) is 0 Å². The Morgan fingerprint density at radius 2 is 1.92 bits per heavy atom. The molecule has 3 aliphatic heterocycles. The molecule has 3 heterocycles. The van der Waals surface area contributed by atoms with Gasteiger partial charge in [0.05, 0.1) is 24.8 Å². The Balaban J connectivity index is 1.62. The van der Waals surface area contributed by atoms with Crippen LogP contribution >= 0.6 is 0 Å². The summed E-state index contributed by atoms with van der Waals surface area (Å²) < 4.78 is 5.99. The van der Waals surface area contributed by atoms with E-state index >= 15 is 0 Å². The molecule has 5 nitrogen and oxygen atoms in total. The molecule has 3 aliphatic rings. The minimum atomic E-state index is 0.391. The lowest BCUT2D eigenvalue weighted by molar-refractivity contribution is 0.0992. The van der Waals surface area contributed by atoms with Gasteiger partial charge in [0.2, 0.25) is 0 Å². The molecule has 0 aromatic heterocycles. The molecule has 0 amide bonds. The molecule has 25 heavy (non-hydrogen) atoms. The van der Waals surface area contributed by atoms with Crippen LogP contribution in [0.2, 0.25) is 0 Å². The Bertz CT molecular complexity index is 429. The van der Waals surface area contributed by atoms with E-state index < -0.39 is 0 Å². The van der Waals surface area contributed by atoms with Crippen LogP contribution in [-0.4, -0.2) is 61.3 Å². The third-order valence-corrected chi connectivity index (χ3v) is 6.41. The summed E-state index contributed by atoms with van der Waals surface area (Å²) in [5.74, 6) is 1.73. The van der Waals surface area contributed by atoms with Gasteiger partial charge in [0.15, 0.2) is 5.96 Å². The molecule has 2 N–H and O–H groups in total. The Kier molecular flexibility index (Phi) is 7.00. The number of nitrogens with zero attached hydrogens (tertiary/aromatic N) is 2. The number of hydrogen-bond acceptors (Lipinski definition) is 3. The summed E-state index contributed by atoms with van der Waals surface area (Å²) in [4.78, 5) is 7.71. The summed E-state index contributed by atoms with van der Waals surface area (Å²) in [6.45, 7) is 11.1. The quantitative estimate of drug-likeness (QED) is 0.522. The maximum atomic E-state index is 5.99. The molecular formula is C20H38N4O. The first-order chi connectivity index (χ1) is 12.2. The van der Waals surface area contributed by atoms with Gasteiger partial charge >= 0.3 is 0 Å². The van der Waals surface area contributed by atoms with Crippen molar-refractivity contribution >= 4 is 5.96 Å². The van der Waals surface area contributed by atoms with Gasteiger partial charge in [-0.2, -0.15) is 0 Å². The van der Waals surface area contributed by atoms with Gasteiger partial charge in [0.25, 0.3) is 0 Å². The van der Waals surface area contributed by atoms with E-state index in [1.54, 1.807) is 0 Å². The molecule has 0 spiro atoms. The molecule has 0 aromatic carbocycles. The molecule has 3 saturated heterocycles. The van der Waals surface area contributed by atoms with E-state index in [0.717, 1.165) is 31.4 Å². The van der Waals surface area contributed by atoms with E-state index in [4.69, 9.17) is 9.73 Å². The highest BCUT2D eigenvalue weighted by molar-refractivity contribution is 5.80. The highest BCUT2D eigenvalue weighted by atomic mass is 16.5. The third kappa shape index (κ3) is 4.68. The fourth-order valence-electron chi connectivity index (χ4n) is 4.94. The lowest BCUT2D eigenvalue weighted by Gasteiger charge is -2.33. The van der Waals surface area contributed by atoms with E-state index in [1.807, 2.05) is 0 Å². The summed E-state index contributed by atoms with van der Waals surface area (Å²) in [7, 11) is 0. The van der Waals surface area contributed by atoms with Gasteiger partial charge in [-0.05, 0) is 58.0 Å². The largest absolute Gasteiger partial charge is 0.373 e. The molecule has 4 atom stereocenters. The van der Waals surface area contributed by atoms with E-state index in [0.29, 0.717) is 24.3 Å². The second-order valence-electron chi connectivity index (χ2n) is 7.97. The molecule has 3 rings (SSSR count). The first-order valence-electron chi connectivity index (χ1n) is 10.7. The fourth-order valence-corrected chi connectivity index (χ4v) is 4.94. The average molecular weight is 351 g/mol. The van der Waals surface area contributed by atoms with Crippen molar-refractivity contribution in [2.45, 2.75) is 90.0 Å². The summed E-state index contributed by atoms with van der Waals surface area (Å²) in [5.41, 5.74) is 0. The van der Waals surface area contributed by atoms with Gasteiger partial charge in [0.1, 0.15) is 0 Å². The van der Waals surface area contributed by atoms with E-state index in [-0.39, 0.29) is 0 Å². The highest BCUT2D eigenvalue weighted by Gasteiger charge is 2.41. The van der Waals surface area contributed by atoms with Crippen molar-refractivity contribution < 1.29 is 4.74 Å². The topological polar surface area (TPSA) is 48.9 Å². The first kappa shape index (κ1) is 19.0. The van der Waals surface area contributed by atoms with Crippen LogP contribution in [-0.2, 0) is 4.74 Å². The molecule has 0 radical (unpaired) electrons. The second-order valence-corrected chi connectivity index (χ2v) is 7.97. The number of likely N-dealkylation sites (tertiary alicyclic amines) is 1. The maximum absolute atomic E-state index is 5.99. The van der Waals surface area contributed by atoms with Crippen molar-refractivity contribution in [3.63, 3.8) is 0 Å². The molecule has 4 unspecified atom stereocenters. The van der Waals surface area contributed by atoms with Gasteiger partial charge in [0, 0.05) is 12.6 Å². The number of hydrogen-bond donors (Lipinski definition) is 2. The summed E-state index contributed by atoms with van der Waals surface area (Å²) in [5, 5.41) is 7.12. The fraction of sp³-hybridized carbons (Fsp3) is 0.950. The molecule has 2 bridgehead atoms. The van der Waals surface area contributed by atoms with Crippen molar-refractivity contribution in [1.29, 1.82) is 0 Å². The SMILES string of the molecule is CCNC(=NCC(C(CC)CC)N1CCCC1)NC1CC2CCC1O2. The minimum Gasteiger partial charge on any atom is -0.373 e. The molecule has 5 heteroatoms. The number of guanidine groups is 1. The summed E-state index contributed by atoms with van der Waals surface area (Å²) >= 11 is 0. The smallest absolute Gasteiger partial charge is 0.191 e. The van der Waals surface area contributed by atoms with Gasteiger partial charge in [-0.3, -0.25) is 9.89 Å². The molecule has 0 aromatic rings. The van der Waals surface area contributed by atoms with Crippen molar-refractivity contribution in [1.82, 2.24) is 15.5 Å². The zero-order chi connectivity index (χ0) is 17.6. The Hall–Kier alpha value is -0.810. The number of ether oxygens (including phenoxy) is 1. The van der Waals surface area contributed by atoms with Crippen LogP contribution in [0.25, 0.3) is 0 Å². The molecule has 3 fully saturated rings. The van der Waals surface area contributed by atoms with Crippen LogP contribution in [0.1, 0.15) is 65.7 Å². The maximum Gasteiger partial charge on any atom is 0.191 e. The Labute approximate surface area is 154 Å². The monoisotopic (exact) mass is 350 g/mol. The van der Waals surface area contributed by atoms with E-state index in [2.05, 4.69) is 36.3 Å². The van der Waals surface area contributed by atoms with Crippen LogP contribution in [0.4, 0.5) is 0 Å². The second kappa shape index (κ2) is 9.22. The highest BCUT2D eigenvalue weighted by Crippen LogP contribution is 2.34. The van der Waals surface area contributed by atoms with Crippen LogP contribution in [0, 0.1) is 5.92 Å². The molecule has 0 aliphatic carbocycles. The van der Waals surface area contributed by atoms with Crippen LogP contribution < -0.4 is 10.6 Å². The zero-order valence-corrected chi connectivity index (χ0v) is 16.5. The van der Waals surface area contributed by atoms with Crippen LogP contribution in [0.15, 0.2) is 4.99 Å². The normalized spacial score (nSPS) is 31.0. The number of fused-ring (bicyclic) bond motifs is 2. The summed E-state index contributed by atoms with van der Waals surface area (Å²) in [6, 6.07) is 1.03. The van der Waals surface area contributed by atoms with Crippen molar-refractivity contribution in [2.75, 3.05) is 26.2 Å². The van der Waals surface area contributed by atoms with E-state index in [1.165, 1.54) is 51.6 Å². The van der Waals surface area contributed by atoms with Gasteiger partial charge < -0.3 is 15.4 Å². The lowest BCUT2D eigenvalue weighted by atomic mass is 9.93. The lowest BCUT2D eigenvalue weighted by Crippen LogP contribution is -2.48. The van der Waals surface area contributed by atoms with Gasteiger partial charge in [-0.25, -0.2) is 0 Å². The number of nitrogens with one attached hydrogen (secondary N) is 2. The van der Waals surface area contributed by atoms with E-state index in [9.17, 15) is 0 Å². The predicted molar refractivity (Wildman–Crippen MR) is 104 cm³/mol. The Morgan fingerprint density at radius 1 is 1.16 bits per heavy atom. The zero-order valence-electron chi connectivity index (χ0n) is 16.5. The molecular weight excluding hydrogens is 312 g/mol. The van der Waals surface area contributed by atoms with Crippen LogP contribution in [0.5, 0.6) is 0 Å². The van der Waals surface area contributed by atoms with Gasteiger partial charge in [-0.1, -0.05) is 26.7 Å². The summed E-state index contributed by atoms with van der Waals surface area (Å²) in [6.07, 6.45) is 9.64. The van der Waals surface area contributed by atoms with Gasteiger partial charge in [-0.15, -0.1) is 0 Å². The number of aliphatic imine (C=N–C) groups is 1. The van der Waals surface area contributed by atoms with Crippen molar-refractivity contribution in [3.05, 3.63) is 0 Å². The molecule has 144 valence electrons. The van der Waals surface area contributed by atoms with Crippen molar-refractivity contribution in [2.24, 2.45) is 10.9 Å². The third-order valence-electron chi connectivity index (χ3n) is 6.41.